The van der Waals surface area contributed by atoms with Gasteiger partial charge in [0.1, 0.15) is 12.2 Å². The summed E-state index contributed by atoms with van der Waals surface area (Å²) in [5, 5.41) is 0. The van der Waals surface area contributed by atoms with Gasteiger partial charge in [-0.3, -0.25) is 9.59 Å². The number of carbonyl (C=O) groups excluding carboxylic acids is 2. The Kier molecular flexibility index (Phi) is 5.69. The number of para-hydroxylation sites is 1. The van der Waals surface area contributed by atoms with E-state index in [0.717, 1.165) is 0 Å². The summed E-state index contributed by atoms with van der Waals surface area (Å²) in [5.74, 6) is -0.883. The van der Waals surface area contributed by atoms with Crippen molar-refractivity contribution < 1.29 is 22.4 Å². The van der Waals surface area contributed by atoms with Crippen LogP contribution in [0.5, 0.6) is 0 Å². The molecule has 2 amide bonds. The van der Waals surface area contributed by atoms with Crippen LogP contribution in [0.1, 0.15) is 12.8 Å². The van der Waals surface area contributed by atoms with Crippen LogP contribution in [0.15, 0.2) is 24.3 Å². The van der Waals surface area contributed by atoms with Crippen LogP contribution in [-0.4, -0.2) is 80.8 Å². The van der Waals surface area contributed by atoms with E-state index in [9.17, 15) is 22.4 Å². The number of hydrogen-bond acceptors (Lipinski definition) is 5. The average molecular weight is 397 g/mol. The van der Waals surface area contributed by atoms with Gasteiger partial charge in [0.05, 0.1) is 17.2 Å². The monoisotopic (exact) mass is 397 g/mol. The Morgan fingerprint density at radius 1 is 1.19 bits per heavy atom. The van der Waals surface area contributed by atoms with Crippen LogP contribution in [-0.2, 0) is 19.4 Å². The molecule has 0 N–H and O–H groups in total. The highest BCUT2D eigenvalue weighted by molar-refractivity contribution is 7.91. The Hall–Kier alpha value is -2.16. The van der Waals surface area contributed by atoms with Crippen LogP contribution >= 0.6 is 0 Å². The molecule has 9 heteroatoms. The first kappa shape index (κ1) is 19.6. The van der Waals surface area contributed by atoms with E-state index in [2.05, 4.69) is 0 Å². The second-order valence-corrected chi connectivity index (χ2v) is 9.29. The summed E-state index contributed by atoms with van der Waals surface area (Å²) in [6, 6.07) is 6.17. The highest BCUT2D eigenvalue weighted by Gasteiger charge is 2.34. The number of amides is 2. The predicted molar refractivity (Wildman–Crippen MR) is 99.6 cm³/mol. The molecule has 27 heavy (non-hydrogen) atoms. The van der Waals surface area contributed by atoms with Crippen LogP contribution in [0.25, 0.3) is 0 Å². The summed E-state index contributed by atoms with van der Waals surface area (Å²) in [6.45, 7) is 1.83. The molecule has 148 valence electrons. The van der Waals surface area contributed by atoms with Crippen molar-refractivity contribution in [2.75, 3.05) is 49.6 Å². The lowest BCUT2D eigenvalue weighted by molar-refractivity contribution is -0.141. The summed E-state index contributed by atoms with van der Waals surface area (Å²) in [4.78, 5) is 29.7. The van der Waals surface area contributed by atoms with Crippen molar-refractivity contribution in [1.29, 1.82) is 0 Å². The number of carbonyl (C=O) groups is 2. The largest absolute Gasteiger partial charge is 0.366 e. The molecule has 1 aromatic carbocycles. The van der Waals surface area contributed by atoms with E-state index in [-0.39, 0.29) is 41.6 Å². The molecule has 0 radical (unpaired) electrons. The Balaban J connectivity index is 1.51. The van der Waals surface area contributed by atoms with Gasteiger partial charge >= 0.3 is 0 Å². The quantitative estimate of drug-likeness (QED) is 0.692. The highest BCUT2D eigenvalue weighted by atomic mass is 32.2. The van der Waals surface area contributed by atoms with E-state index >= 15 is 0 Å². The molecule has 0 bridgehead atoms. The fraction of sp³-hybridized carbons (Fsp3) is 0.556. The van der Waals surface area contributed by atoms with E-state index < -0.39 is 9.84 Å². The van der Waals surface area contributed by atoms with Gasteiger partial charge < -0.3 is 14.7 Å². The van der Waals surface area contributed by atoms with E-state index in [1.807, 2.05) is 4.90 Å². The first-order chi connectivity index (χ1) is 12.8. The molecule has 2 fully saturated rings. The number of piperazine rings is 1. The lowest BCUT2D eigenvalue weighted by Crippen LogP contribution is -2.50. The molecule has 2 heterocycles. The Morgan fingerprint density at radius 2 is 1.85 bits per heavy atom. The van der Waals surface area contributed by atoms with E-state index in [4.69, 9.17) is 0 Å². The van der Waals surface area contributed by atoms with Crippen molar-refractivity contribution in [3.05, 3.63) is 30.1 Å². The normalized spacial score (nSPS) is 21.9. The third kappa shape index (κ3) is 4.58. The second kappa shape index (κ2) is 7.84. The van der Waals surface area contributed by atoms with Crippen molar-refractivity contribution in [3.8, 4) is 0 Å². The van der Waals surface area contributed by atoms with Gasteiger partial charge in [-0.1, -0.05) is 12.1 Å². The van der Waals surface area contributed by atoms with Gasteiger partial charge in [0, 0.05) is 39.3 Å². The SMILES string of the molecule is CN(C(=O)CC(=O)N1CCN(c2ccccc2F)CC1)C1CCS(=O)(=O)C1. The molecule has 1 unspecified atom stereocenters. The molecular weight excluding hydrogens is 373 g/mol. The number of rotatable bonds is 4. The topological polar surface area (TPSA) is 78.0 Å². The Bertz CT molecular complexity index is 822. The number of anilines is 1. The van der Waals surface area contributed by atoms with E-state index in [0.29, 0.717) is 38.3 Å². The lowest BCUT2D eigenvalue weighted by Gasteiger charge is -2.36. The summed E-state index contributed by atoms with van der Waals surface area (Å²) in [5.41, 5.74) is 0.517. The number of halogens is 1. The van der Waals surface area contributed by atoms with Crippen LogP contribution < -0.4 is 4.90 Å². The minimum absolute atomic E-state index is 0.0370. The molecule has 7 nitrogen and oxygen atoms in total. The number of nitrogens with zero attached hydrogens (tertiary/aromatic N) is 3. The van der Waals surface area contributed by atoms with Gasteiger partial charge in [-0.15, -0.1) is 0 Å². The summed E-state index contributed by atoms with van der Waals surface area (Å²) >= 11 is 0. The van der Waals surface area contributed by atoms with E-state index in [1.165, 1.54) is 11.0 Å². The highest BCUT2D eigenvalue weighted by Crippen LogP contribution is 2.21. The van der Waals surface area contributed by atoms with Crippen molar-refractivity contribution in [1.82, 2.24) is 9.80 Å². The average Bonchev–Trinajstić information content (AvgIpc) is 3.01. The molecule has 2 saturated heterocycles. The van der Waals surface area contributed by atoms with Crippen LogP contribution in [0.2, 0.25) is 0 Å². The zero-order valence-electron chi connectivity index (χ0n) is 15.3. The molecule has 1 aromatic rings. The minimum atomic E-state index is -3.08. The van der Waals surface area contributed by atoms with Gasteiger partial charge in [-0.05, 0) is 18.6 Å². The fourth-order valence-electron chi connectivity index (χ4n) is 3.56. The fourth-order valence-corrected chi connectivity index (χ4v) is 5.33. The Morgan fingerprint density at radius 3 is 2.44 bits per heavy atom. The van der Waals surface area contributed by atoms with Crippen LogP contribution in [0, 0.1) is 5.82 Å². The minimum Gasteiger partial charge on any atom is -0.366 e. The Labute approximate surface area is 158 Å². The number of sulfone groups is 1. The molecule has 1 atom stereocenters. The predicted octanol–water partition coefficient (Wildman–Crippen LogP) is 0.510. The lowest BCUT2D eigenvalue weighted by atomic mass is 10.2. The zero-order valence-corrected chi connectivity index (χ0v) is 16.1. The van der Waals surface area contributed by atoms with Gasteiger partial charge in [-0.25, -0.2) is 12.8 Å². The van der Waals surface area contributed by atoms with E-state index in [1.54, 1.807) is 30.1 Å². The molecule has 0 saturated carbocycles. The number of benzene rings is 1. The zero-order chi connectivity index (χ0) is 19.6. The maximum atomic E-state index is 13.9. The van der Waals surface area contributed by atoms with Crippen LogP contribution in [0.3, 0.4) is 0 Å². The second-order valence-electron chi connectivity index (χ2n) is 7.06. The molecule has 2 aliphatic heterocycles. The van der Waals surface area contributed by atoms with Crippen molar-refractivity contribution in [3.63, 3.8) is 0 Å². The van der Waals surface area contributed by atoms with Crippen molar-refractivity contribution in [2.24, 2.45) is 0 Å². The van der Waals surface area contributed by atoms with Crippen LogP contribution in [0.4, 0.5) is 10.1 Å². The van der Waals surface area contributed by atoms with Gasteiger partial charge in [0.25, 0.3) is 0 Å². The third-order valence-electron chi connectivity index (χ3n) is 5.28. The first-order valence-corrected chi connectivity index (χ1v) is 10.8. The molecule has 0 aromatic heterocycles. The van der Waals surface area contributed by atoms with Crippen molar-refractivity contribution >= 4 is 27.3 Å². The maximum Gasteiger partial charge on any atom is 0.232 e. The summed E-state index contributed by atoms with van der Waals surface area (Å²) < 4.78 is 37.0. The first-order valence-electron chi connectivity index (χ1n) is 9.00. The van der Waals surface area contributed by atoms with Gasteiger partial charge in [0.2, 0.25) is 11.8 Å². The summed E-state index contributed by atoms with van der Waals surface area (Å²) in [7, 11) is -1.53. The van der Waals surface area contributed by atoms with Gasteiger partial charge in [0.15, 0.2) is 9.84 Å². The third-order valence-corrected chi connectivity index (χ3v) is 7.03. The van der Waals surface area contributed by atoms with Gasteiger partial charge in [-0.2, -0.15) is 0 Å². The molecular formula is C18H24FN3O4S. The number of hydrogen-bond donors (Lipinski definition) is 0. The smallest absolute Gasteiger partial charge is 0.232 e. The standard InChI is InChI=1S/C18H24FN3O4S/c1-20(14-6-11-27(25,26)13-14)17(23)12-18(24)22-9-7-21(8-10-22)16-5-3-2-4-15(16)19/h2-5,14H,6-13H2,1H3. The molecule has 2 aliphatic rings. The molecule has 0 spiro atoms. The summed E-state index contributed by atoms with van der Waals surface area (Å²) in [6.07, 6.45) is 0.146. The molecule has 0 aliphatic carbocycles. The van der Waals surface area contributed by atoms with Crippen molar-refractivity contribution in [2.45, 2.75) is 18.9 Å². The molecule has 3 rings (SSSR count). The maximum absolute atomic E-state index is 13.9.